The standard InChI is InChI=1S/C26H14N8O7S/c1-9-17-24-30-14(6-39-24)21-28-12(4-37-21)19-27-11(3-35-19)20-29-13(5-36-20)22-31-15(7-38-22)26-32-16(8-42-26)23-33-18(10(2)40-23)25(34-17)41-9/h3-7,16H,8H2,1-2H3/t16-/m0/s1. The van der Waals surface area contributed by atoms with Gasteiger partial charge in [0.2, 0.25) is 41.2 Å². The summed E-state index contributed by atoms with van der Waals surface area (Å²) in [6.45, 7) is 3.55. The fraction of sp³-hybridized carbons (Fsp3) is 0.154. The monoisotopic (exact) mass is 582 g/mol. The first-order valence-electron chi connectivity index (χ1n) is 12.5. The van der Waals surface area contributed by atoms with Crippen LogP contribution in [0.1, 0.15) is 29.1 Å². The third-order valence-electron chi connectivity index (χ3n) is 6.57. The van der Waals surface area contributed by atoms with Gasteiger partial charge < -0.3 is 30.9 Å². The molecule has 2 aliphatic heterocycles. The maximum absolute atomic E-state index is 5.99. The Morgan fingerprint density at radius 1 is 0.548 bits per heavy atom. The van der Waals surface area contributed by atoms with Crippen molar-refractivity contribution in [3.8, 4) is 69.5 Å². The molecule has 1 atom stereocenters. The maximum atomic E-state index is 5.99. The van der Waals surface area contributed by atoms with Crippen LogP contribution in [0.25, 0.3) is 69.5 Å². The highest BCUT2D eigenvalue weighted by Crippen LogP contribution is 2.37. The summed E-state index contributed by atoms with van der Waals surface area (Å²) in [5.41, 5.74) is 2.84. The largest absolute Gasteiger partial charge is 0.443 e. The number of fused-ring (bicyclic) bond motifs is 23. The van der Waals surface area contributed by atoms with Gasteiger partial charge in [-0.2, -0.15) is 0 Å². The van der Waals surface area contributed by atoms with Crippen molar-refractivity contribution in [3.05, 3.63) is 54.4 Å². The molecule has 0 saturated heterocycles. The topological polar surface area (TPSA) is 195 Å². The molecule has 0 N–H and O–H groups in total. The van der Waals surface area contributed by atoms with Crippen LogP contribution in [0, 0.1) is 13.8 Å². The molecule has 9 rings (SSSR count). The summed E-state index contributed by atoms with van der Waals surface area (Å²) in [6.07, 6.45) is 7.16. The molecule has 42 heavy (non-hydrogen) atoms. The van der Waals surface area contributed by atoms with Crippen molar-refractivity contribution in [1.82, 2.24) is 34.9 Å². The number of aromatic nitrogens is 7. The summed E-state index contributed by atoms with van der Waals surface area (Å²) in [4.78, 5) is 36.5. The van der Waals surface area contributed by atoms with Gasteiger partial charge in [-0.25, -0.2) is 34.9 Å². The lowest BCUT2D eigenvalue weighted by Gasteiger charge is -1.97. The van der Waals surface area contributed by atoms with Crippen LogP contribution in [0.3, 0.4) is 0 Å². The smallest absolute Gasteiger partial charge is 0.249 e. The highest BCUT2D eigenvalue weighted by molar-refractivity contribution is 8.14. The van der Waals surface area contributed by atoms with E-state index in [0.29, 0.717) is 68.1 Å². The van der Waals surface area contributed by atoms with Crippen LogP contribution in [0.2, 0.25) is 0 Å². The molecule has 16 heteroatoms. The van der Waals surface area contributed by atoms with Crippen molar-refractivity contribution in [3.63, 3.8) is 0 Å². The first-order chi connectivity index (χ1) is 20.6. The van der Waals surface area contributed by atoms with Crippen molar-refractivity contribution in [2.24, 2.45) is 4.99 Å². The zero-order chi connectivity index (χ0) is 27.9. The van der Waals surface area contributed by atoms with Crippen molar-refractivity contribution in [2.45, 2.75) is 19.9 Å². The van der Waals surface area contributed by atoms with Crippen molar-refractivity contribution in [2.75, 3.05) is 5.75 Å². The lowest BCUT2D eigenvalue weighted by molar-refractivity contribution is 0.448. The highest BCUT2D eigenvalue weighted by atomic mass is 32.2. The number of rotatable bonds is 0. The Kier molecular flexibility index (Phi) is 4.70. The van der Waals surface area contributed by atoms with E-state index in [1.807, 2.05) is 0 Å². The molecule has 9 heterocycles. The third kappa shape index (κ3) is 3.54. The molecule has 7 aromatic rings. The molecule has 0 fully saturated rings. The zero-order valence-corrected chi connectivity index (χ0v) is 22.3. The second kappa shape index (κ2) is 8.50. The quantitative estimate of drug-likeness (QED) is 0.209. The average Bonchev–Trinajstić information content (AvgIpc) is 3.81. The lowest BCUT2D eigenvalue weighted by Crippen LogP contribution is -1.95. The number of nitrogens with zero attached hydrogens (tertiary/aromatic N) is 8. The van der Waals surface area contributed by atoms with E-state index < -0.39 is 0 Å². The molecule has 0 unspecified atom stereocenters. The summed E-state index contributed by atoms with van der Waals surface area (Å²) in [5, 5.41) is 0.688. The lowest BCUT2D eigenvalue weighted by atomic mass is 10.3. The fourth-order valence-corrected chi connectivity index (χ4v) is 5.51. The third-order valence-corrected chi connectivity index (χ3v) is 7.64. The summed E-state index contributed by atoms with van der Waals surface area (Å²) < 4.78 is 40.2. The minimum Gasteiger partial charge on any atom is -0.443 e. The average molecular weight is 583 g/mol. The Hall–Kier alpha value is -5.51. The minimum atomic E-state index is -0.335. The number of oxazole rings is 7. The predicted octanol–water partition coefficient (Wildman–Crippen LogP) is 5.77. The first kappa shape index (κ1) is 23.2. The van der Waals surface area contributed by atoms with Crippen LogP contribution in [-0.4, -0.2) is 45.7 Å². The van der Waals surface area contributed by atoms with E-state index in [9.17, 15) is 0 Å². The molecule has 16 bridgehead atoms. The van der Waals surface area contributed by atoms with Crippen molar-refractivity contribution >= 4 is 16.8 Å². The van der Waals surface area contributed by atoms with Crippen LogP contribution in [0.5, 0.6) is 0 Å². The van der Waals surface area contributed by atoms with Crippen LogP contribution in [-0.2, 0) is 0 Å². The van der Waals surface area contributed by atoms with E-state index >= 15 is 0 Å². The van der Waals surface area contributed by atoms with E-state index in [4.69, 9.17) is 35.9 Å². The van der Waals surface area contributed by atoms with E-state index in [2.05, 4.69) is 34.9 Å². The van der Waals surface area contributed by atoms with Gasteiger partial charge in [0.25, 0.3) is 0 Å². The molecule has 0 saturated carbocycles. The molecule has 0 spiro atoms. The normalized spacial score (nSPS) is 15.6. The van der Waals surface area contributed by atoms with E-state index in [1.54, 1.807) is 13.8 Å². The Balaban J connectivity index is 1.18. The van der Waals surface area contributed by atoms with Crippen molar-refractivity contribution in [1.29, 1.82) is 0 Å². The second-order valence-electron chi connectivity index (χ2n) is 9.33. The molecule has 0 aliphatic carbocycles. The molecule has 0 amide bonds. The molecule has 15 nitrogen and oxygen atoms in total. The molecule has 0 radical (unpaired) electrons. The van der Waals surface area contributed by atoms with E-state index in [0.717, 1.165) is 0 Å². The van der Waals surface area contributed by atoms with Gasteiger partial charge in [-0.1, -0.05) is 0 Å². The van der Waals surface area contributed by atoms with Crippen LogP contribution < -0.4 is 0 Å². The molecule has 7 aromatic heterocycles. The van der Waals surface area contributed by atoms with Gasteiger partial charge in [0.1, 0.15) is 59.6 Å². The second-order valence-corrected chi connectivity index (χ2v) is 10.3. The van der Waals surface area contributed by atoms with Crippen LogP contribution in [0.15, 0.2) is 67.2 Å². The predicted molar refractivity (Wildman–Crippen MR) is 141 cm³/mol. The number of hydrogen-bond acceptors (Lipinski definition) is 16. The summed E-state index contributed by atoms with van der Waals surface area (Å²) in [7, 11) is 0. The Morgan fingerprint density at radius 2 is 1.02 bits per heavy atom. The molecule has 206 valence electrons. The summed E-state index contributed by atoms with van der Waals surface area (Å²) in [6, 6.07) is -0.335. The van der Waals surface area contributed by atoms with Gasteiger partial charge in [0, 0.05) is 5.75 Å². The van der Waals surface area contributed by atoms with Gasteiger partial charge in [0.15, 0.2) is 34.2 Å². The number of aryl methyl sites for hydroxylation is 2. The molecule has 0 aromatic carbocycles. The zero-order valence-electron chi connectivity index (χ0n) is 21.5. The molecular weight excluding hydrogens is 568 g/mol. The van der Waals surface area contributed by atoms with Gasteiger partial charge >= 0.3 is 0 Å². The highest BCUT2D eigenvalue weighted by Gasteiger charge is 2.30. The van der Waals surface area contributed by atoms with Crippen molar-refractivity contribution < 1.29 is 30.9 Å². The number of aliphatic imine (C=N–C) groups is 1. The molecular formula is C26H14N8O7S. The fourth-order valence-electron chi connectivity index (χ4n) is 4.53. The number of thioether (sulfide) groups is 1. The summed E-state index contributed by atoms with van der Waals surface area (Å²) >= 11 is 1.52. The molecule has 2 aliphatic rings. The Labute approximate surface area is 237 Å². The number of hydrogen-bond donors (Lipinski definition) is 0. The Bertz CT molecular complexity index is 2170. The first-order valence-corrected chi connectivity index (χ1v) is 13.5. The van der Waals surface area contributed by atoms with E-state index in [-0.39, 0.29) is 41.4 Å². The van der Waals surface area contributed by atoms with Gasteiger partial charge in [0.05, 0.1) is 0 Å². The van der Waals surface area contributed by atoms with Gasteiger partial charge in [-0.05, 0) is 13.8 Å². The summed E-state index contributed by atoms with van der Waals surface area (Å²) in [5.74, 6) is 3.43. The van der Waals surface area contributed by atoms with Gasteiger partial charge in [-0.3, -0.25) is 4.99 Å². The van der Waals surface area contributed by atoms with Crippen LogP contribution in [0.4, 0.5) is 0 Å². The van der Waals surface area contributed by atoms with Crippen LogP contribution >= 0.6 is 11.8 Å². The van der Waals surface area contributed by atoms with Gasteiger partial charge in [-0.15, -0.1) is 11.8 Å². The minimum absolute atomic E-state index is 0.194. The van der Waals surface area contributed by atoms with E-state index in [1.165, 1.54) is 43.1 Å². The Morgan fingerprint density at radius 3 is 1.64 bits per heavy atom. The maximum Gasteiger partial charge on any atom is 0.249 e. The SMILES string of the molecule is Cc1oc2nc1-c1nc(co1)-c1nc(co1)-c1nc(co1)-c1nc(co1)-c1nc(co1)C1=N[C@@H](CS1)c1nc-2c(C)o1.